The summed E-state index contributed by atoms with van der Waals surface area (Å²) in [6, 6.07) is 6.71. The summed E-state index contributed by atoms with van der Waals surface area (Å²) < 4.78 is 5.27. The van der Waals surface area contributed by atoms with Crippen LogP contribution in [0.3, 0.4) is 0 Å². The molecule has 19 heavy (non-hydrogen) atoms. The van der Waals surface area contributed by atoms with Crippen LogP contribution in [-0.4, -0.2) is 23.3 Å². The Labute approximate surface area is 111 Å². The number of carboxylic acid groups (broad SMARTS) is 1. The standard InChI is InChI=1S/C14H17NO4/c16-13(17)9-10-5-7-11(8-6-10)15-14(18)19-12-3-1-2-4-12/h5-8,12H,1-4,9H2,(H,15,18)(H,16,17). The maximum absolute atomic E-state index is 11.6. The van der Waals surface area contributed by atoms with Gasteiger partial charge in [-0.1, -0.05) is 12.1 Å². The summed E-state index contributed by atoms with van der Waals surface area (Å²) in [4.78, 5) is 22.1. The monoisotopic (exact) mass is 263 g/mol. The van der Waals surface area contributed by atoms with Crippen LogP contribution in [0.2, 0.25) is 0 Å². The van der Waals surface area contributed by atoms with Crippen molar-refractivity contribution < 1.29 is 19.4 Å². The highest BCUT2D eigenvalue weighted by atomic mass is 16.6. The summed E-state index contributed by atoms with van der Waals surface area (Å²) >= 11 is 0. The number of anilines is 1. The first-order chi connectivity index (χ1) is 9.13. The molecule has 0 unspecified atom stereocenters. The topological polar surface area (TPSA) is 75.6 Å². The van der Waals surface area contributed by atoms with Crippen LogP contribution < -0.4 is 5.32 Å². The molecule has 1 aliphatic rings. The number of benzene rings is 1. The molecule has 5 nitrogen and oxygen atoms in total. The molecule has 0 heterocycles. The lowest BCUT2D eigenvalue weighted by atomic mass is 10.1. The fourth-order valence-corrected chi connectivity index (χ4v) is 2.19. The number of nitrogens with one attached hydrogen (secondary N) is 1. The Hall–Kier alpha value is -2.04. The third-order valence-corrected chi connectivity index (χ3v) is 3.13. The lowest BCUT2D eigenvalue weighted by Gasteiger charge is -2.12. The van der Waals surface area contributed by atoms with Gasteiger partial charge in [0, 0.05) is 5.69 Å². The molecular weight excluding hydrogens is 246 g/mol. The molecule has 102 valence electrons. The Morgan fingerprint density at radius 3 is 2.42 bits per heavy atom. The maximum Gasteiger partial charge on any atom is 0.411 e. The Bertz CT molecular complexity index is 449. The second-order valence-corrected chi connectivity index (χ2v) is 4.70. The van der Waals surface area contributed by atoms with E-state index in [4.69, 9.17) is 9.84 Å². The summed E-state index contributed by atoms with van der Waals surface area (Å²) in [6.07, 6.45) is 3.66. The average Bonchev–Trinajstić information content (AvgIpc) is 2.83. The first-order valence-electron chi connectivity index (χ1n) is 6.42. The van der Waals surface area contributed by atoms with Crippen LogP contribution in [0.4, 0.5) is 10.5 Å². The Morgan fingerprint density at radius 2 is 1.84 bits per heavy atom. The molecule has 0 aliphatic heterocycles. The minimum absolute atomic E-state index is 0.0210. The van der Waals surface area contributed by atoms with Crippen molar-refractivity contribution in [3.05, 3.63) is 29.8 Å². The molecule has 1 aromatic rings. The normalized spacial score (nSPS) is 15.2. The summed E-state index contributed by atoms with van der Waals surface area (Å²) in [5.41, 5.74) is 1.30. The van der Waals surface area contributed by atoms with Crippen LogP contribution in [0.15, 0.2) is 24.3 Å². The summed E-state index contributed by atoms with van der Waals surface area (Å²) in [5.74, 6) is -0.874. The van der Waals surface area contributed by atoms with Crippen molar-refractivity contribution in [1.82, 2.24) is 0 Å². The number of carbonyl (C=O) groups is 2. The van der Waals surface area contributed by atoms with E-state index >= 15 is 0 Å². The Morgan fingerprint density at radius 1 is 1.21 bits per heavy atom. The molecule has 1 fully saturated rings. The first-order valence-corrected chi connectivity index (χ1v) is 6.42. The number of amides is 1. The second kappa shape index (κ2) is 6.22. The van der Waals surface area contributed by atoms with E-state index in [9.17, 15) is 9.59 Å². The second-order valence-electron chi connectivity index (χ2n) is 4.70. The van der Waals surface area contributed by atoms with Crippen molar-refractivity contribution >= 4 is 17.7 Å². The SMILES string of the molecule is O=C(O)Cc1ccc(NC(=O)OC2CCCC2)cc1. The van der Waals surface area contributed by atoms with Gasteiger partial charge < -0.3 is 9.84 Å². The van der Waals surface area contributed by atoms with Gasteiger partial charge in [0.05, 0.1) is 6.42 Å². The van der Waals surface area contributed by atoms with Gasteiger partial charge >= 0.3 is 12.1 Å². The molecule has 0 atom stereocenters. The number of ether oxygens (including phenoxy) is 1. The summed E-state index contributed by atoms with van der Waals surface area (Å²) in [6.45, 7) is 0. The van der Waals surface area contributed by atoms with E-state index in [1.54, 1.807) is 24.3 Å². The van der Waals surface area contributed by atoms with Gasteiger partial charge in [-0.25, -0.2) is 4.79 Å². The molecule has 1 amide bonds. The molecule has 5 heteroatoms. The molecule has 0 radical (unpaired) electrons. The van der Waals surface area contributed by atoms with Gasteiger partial charge in [0.2, 0.25) is 0 Å². The van der Waals surface area contributed by atoms with E-state index < -0.39 is 12.1 Å². The van der Waals surface area contributed by atoms with Crippen LogP contribution in [0.5, 0.6) is 0 Å². The fourth-order valence-electron chi connectivity index (χ4n) is 2.19. The highest BCUT2D eigenvalue weighted by Gasteiger charge is 2.19. The lowest BCUT2D eigenvalue weighted by Crippen LogP contribution is -2.20. The van der Waals surface area contributed by atoms with Gasteiger partial charge in [-0.2, -0.15) is 0 Å². The number of rotatable bonds is 4. The van der Waals surface area contributed by atoms with Crippen molar-refractivity contribution in [2.24, 2.45) is 0 Å². The highest BCUT2D eigenvalue weighted by Crippen LogP contribution is 2.21. The van der Waals surface area contributed by atoms with Gasteiger partial charge in [-0.3, -0.25) is 10.1 Å². The molecule has 2 rings (SSSR count). The molecule has 0 saturated heterocycles. The first kappa shape index (κ1) is 13.4. The minimum atomic E-state index is -0.874. The van der Waals surface area contributed by atoms with Crippen LogP contribution >= 0.6 is 0 Å². The van der Waals surface area contributed by atoms with Crippen molar-refractivity contribution in [3.63, 3.8) is 0 Å². The maximum atomic E-state index is 11.6. The number of hydrogen-bond acceptors (Lipinski definition) is 3. The molecule has 0 spiro atoms. The van der Waals surface area contributed by atoms with Crippen LogP contribution in [0, 0.1) is 0 Å². The Kier molecular flexibility index (Phi) is 4.39. The smallest absolute Gasteiger partial charge is 0.411 e. The zero-order chi connectivity index (χ0) is 13.7. The summed E-state index contributed by atoms with van der Waals surface area (Å²) in [5, 5.41) is 11.3. The fraction of sp³-hybridized carbons (Fsp3) is 0.429. The average molecular weight is 263 g/mol. The van der Waals surface area contributed by atoms with Gasteiger partial charge in [0.1, 0.15) is 6.10 Å². The molecular formula is C14H17NO4. The number of carbonyl (C=O) groups excluding carboxylic acids is 1. The van der Waals surface area contributed by atoms with Gasteiger partial charge in [0.15, 0.2) is 0 Å². The van der Waals surface area contributed by atoms with E-state index in [0.717, 1.165) is 25.7 Å². The number of aliphatic carboxylic acids is 1. The molecule has 2 N–H and O–H groups in total. The van der Waals surface area contributed by atoms with E-state index in [1.807, 2.05) is 0 Å². The quantitative estimate of drug-likeness (QED) is 0.875. The number of hydrogen-bond donors (Lipinski definition) is 2. The zero-order valence-electron chi connectivity index (χ0n) is 10.6. The van der Waals surface area contributed by atoms with Crippen molar-refractivity contribution in [3.8, 4) is 0 Å². The van der Waals surface area contributed by atoms with Gasteiger partial charge in [0.25, 0.3) is 0 Å². The van der Waals surface area contributed by atoms with Crippen LogP contribution in [-0.2, 0) is 16.0 Å². The van der Waals surface area contributed by atoms with Crippen LogP contribution in [0.1, 0.15) is 31.2 Å². The lowest BCUT2D eigenvalue weighted by molar-refractivity contribution is -0.136. The van der Waals surface area contributed by atoms with Gasteiger partial charge in [-0.15, -0.1) is 0 Å². The predicted molar refractivity (Wildman–Crippen MR) is 70.1 cm³/mol. The number of carboxylic acids is 1. The van der Waals surface area contributed by atoms with Crippen LogP contribution in [0.25, 0.3) is 0 Å². The van der Waals surface area contributed by atoms with E-state index in [2.05, 4.69) is 5.32 Å². The molecule has 0 bridgehead atoms. The molecule has 0 aromatic heterocycles. The minimum Gasteiger partial charge on any atom is -0.481 e. The third-order valence-electron chi connectivity index (χ3n) is 3.13. The molecule has 1 saturated carbocycles. The van der Waals surface area contributed by atoms with E-state index in [-0.39, 0.29) is 12.5 Å². The van der Waals surface area contributed by atoms with Gasteiger partial charge in [-0.05, 0) is 43.4 Å². The molecule has 1 aromatic carbocycles. The van der Waals surface area contributed by atoms with E-state index in [1.165, 1.54) is 0 Å². The highest BCUT2D eigenvalue weighted by molar-refractivity contribution is 5.84. The third kappa shape index (κ3) is 4.28. The largest absolute Gasteiger partial charge is 0.481 e. The Balaban J connectivity index is 1.84. The molecule has 1 aliphatic carbocycles. The zero-order valence-corrected chi connectivity index (χ0v) is 10.6. The summed E-state index contributed by atoms with van der Waals surface area (Å²) in [7, 11) is 0. The van der Waals surface area contributed by atoms with E-state index in [0.29, 0.717) is 11.3 Å². The van der Waals surface area contributed by atoms with Crippen molar-refractivity contribution in [2.45, 2.75) is 38.2 Å². The van der Waals surface area contributed by atoms with Crippen molar-refractivity contribution in [1.29, 1.82) is 0 Å². The predicted octanol–water partition coefficient (Wildman–Crippen LogP) is 2.80. The van der Waals surface area contributed by atoms with Crippen molar-refractivity contribution in [2.75, 3.05) is 5.32 Å².